The third kappa shape index (κ3) is 6.27. The molecule has 0 fully saturated rings. The predicted molar refractivity (Wildman–Crippen MR) is 107 cm³/mol. The van der Waals surface area contributed by atoms with Crippen molar-refractivity contribution in [1.29, 1.82) is 0 Å². The molecule has 0 atom stereocenters. The van der Waals surface area contributed by atoms with Gasteiger partial charge in [0.1, 0.15) is 31.8 Å². The summed E-state index contributed by atoms with van der Waals surface area (Å²) in [6.45, 7) is 6.31. The number of alkyl halides is 3. The second kappa shape index (κ2) is 10.0. The van der Waals surface area contributed by atoms with Gasteiger partial charge in [0.2, 0.25) is 0 Å². The van der Waals surface area contributed by atoms with E-state index in [2.05, 4.69) is 9.99 Å². The summed E-state index contributed by atoms with van der Waals surface area (Å²) in [6, 6.07) is 9.70. The third-order valence-corrected chi connectivity index (χ3v) is 4.05. The molecule has 0 amide bonds. The number of benzene rings is 2. The number of ether oxygens (including phenoxy) is 2. The fourth-order valence-electron chi connectivity index (χ4n) is 2.79. The topological polar surface area (TPSA) is 40.0 Å². The molecule has 0 bridgehead atoms. The minimum Gasteiger partial charge on any atom is -0.490 e. The normalized spacial score (nSPS) is 12.3. The predicted octanol–water partition coefficient (Wildman–Crippen LogP) is 5.75. The number of oxime groups is 1. The Morgan fingerprint density at radius 3 is 2.34 bits per heavy atom. The second-order valence-electron chi connectivity index (χ2n) is 6.38. The zero-order chi connectivity index (χ0) is 21.4. The molecule has 29 heavy (non-hydrogen) atoms. The standard InChI is InChI=1S/C22H24F3NO3/c1-5-6-10-28-19-11-15(2)20(16(3)12-19)29-14-17-8-7-9-18(13-17)21(26-27-4)22(23,24)25/h5-9,11-13H,10,14H2,1-4H3/b6-5+,26-21-. The van der Waals surface area contributed by atoms with E-state index in [1.54, 1.807) is 6.07 Å². The van der Waals surface area contributed by atoms with Crippen molar-refractivity contribution in [2.45, 2.75) is 33.6 Å². The lowest BCUT2D eigenvalue weighted by atomic mass is 10.1. The third-order valence-electron chi connectivity index (χ3n) is 4.05. The van der Waals surface area contributed by atoms with Crippen molar-refractivity contribution in [2.24, 2.45) is 5.16 Å². The van der Waals surface area contributed by atoms with Crippen molar-refractivity contribution < 1.29 is 27.5 Å². The van der Waals surface area contributed by atoms with Gasteiger partial charge in [-0.2, -0.15) is 13.2 Å². The highest BCUT2D eigenvalue weighted by molar-refractivity contribution is 6.04. The molecule has 2 rings (SSSR count). The SMILES string of the molecule is C/C=C/COc1cc(C)c(OCc2cccc(/C(=N/OC)C(F)(F)F)c2)c(C)c1. The Morgan fingerprint density at radius 2 is 1.76 bits per heavy atom. The Morgan fingerprint density at radius 1 is 1.07 bits per heavy atom. The van der Waals surface area contributed by atoms with Gasteiger partial charge in [0, 0.05) is 5.56 Å². The van der Waals surface area contributed by atoms with E-state index in [0.29, 0.717) is 17.9 Å². The highest BCUT2D eigenvalue weighted by Crippen LogP contribution is 2.29. The van der Waals surface area contributed by atoms with E-state index >= 15 is 0 Å². The van der Waals surface area contributed by atoms with Crippen LogP contribution in [-0.2, 0) is 11.4 Å². The molecule has 0 heterocycles. The lowest BCUT2D eigenvalue weighted by Gasteiger charge is -2.15. The zero-order valence-electron chi connectivity index (χ0n) is 16.8. The van der Waals surface area contributed by atoms with Crippen molar-refractivity contribution in [3.63, 3.8) is 0 Å². The molecule has 0 saturated heterocycles. The number of hydrogen-bond acceptors (Lipinski definition) is 4. The molecule has 2 aromatic carbocycles. The molecule has 4 nitrogen and oxygen atoms in total. The lowest BCUT2D eigenvalue weighted by molar-refractivity contribution is -0.0608. The molecule has 0 aliphatic rings. The largest absolute Gasteiger partial charge is 0.490 e. The lowest BCUT2D eigenvalue weighted by Crippen LogP contribution is -2.24. The molecule has 0 aromatic heterocycles. The van der Waals surface area contributed by atoms with Crippen LogP contribution < -0.4 is 9.47 Å². The van der Waals surface area contributed by atoms with E-state index in [1.165, 1.54) is 18.2 Å². The molecule has 0 saturated carbocycles. The van der Waals surface area contributed by atoms with Crippen LogP contribution in [0.5, 0.6) is 11.5 Å². The summed E-state index contributed by atoms with van der Waals surface area (Å²) in [5.74, 6) is 1.41. The molecule has 0 aliphatic carbocycles. The minimum absolute atomic E-state index is 0.0818. The maximum Gasteiger partial charge on any atom is 0.437 e. The summed E-state index contributed by atoms with van der Waals surface area (Å²) in [4.78, 5) is 4.35. The Balaban J connectivity index is 2.17. The van der Waals surface area contributed by atoms with Crippen LogP contribution in [0.1, 0.15) is 29.2 Å². The van der Waals surface area contributed by atoms with Crippen molar-refractivity contribution in [3.8, 4) is 11.5 Å². The highest BCUT2D eigenvalue weighted by atomic mass is 19.4. The van der Waals surface area contributed by atoms with E-state index in [0.717, 1.165) is 24.0 Å². The molecular weight excluding hydrogens is 383 g/mol. The van der Waals surface area contributed by atoms with Gasteiger partial charge in [0.25, 0.3) is 0 Å². The molecule has 0 unspecified atom stereocenters. The van der Waals surface area contributed by atoms with Crippen molar-refractivity contribution in [2.75, 3.05) is 13.7 Å². The maximum absolute atomic E-state index is 13.2. The summed E-state index contributed by atoms with van der Waals surface area (Å²) in [5.41, 5.74) is 1.18. The van der Waals surface area contributed by atoms with Gasteiger partial charge in [-0.25, -0.2) is 0 Å². The molecular formula is C22H24F3NO3. The highest BCUT2D eigenvalue weighted by Gasteiger charge is 2.37. The van der Waals surface area contributed by atoms with E-state index in [-0.39, 0.29) is 12.2 Å². The van der Waals surface area contributed by atoms with Gasteiger partial charge < -0.3 is 14.3 Å². The Bertz CT molecular complexity index is 866. The smallest absolute Gasteiger partial charge is 0.437 e. The average Bonchev–Trinajstić information content (AvgIpc) is 2.65. The quantitative estimate of drug-likeness (QED) is 0.318. The van der Waals surface area contributed by atoms with Crippen LogP contribution in [0, 0.1) is 13.8 Å². The van der Waals surface area contributed by atoms with Gasteiger partial charge in [-0.05, 0) is 55.7 Å². The fraction of sp³-hybridized carbons (Fsp3) is 0.318. The first kappa shape index (κ1) is 22.3. The van der Waals surface area contributed by atoms with Gasteiger partial charge >= 0.3 is 6.18 Å². The maximum atomic E-state index is 13.2. The van der Waals surface area contributed by atoms with E-state index < -0.39 is 11.9 Å². The molecule has 0 N–H and O–H groups in total. The molecule has 0 aliphatic heterocycles. The van der Waals surface area contributed by atoms with Crippen LogP contribution in [0.15, 0.2) is 53.7 Å². The van der Waals surface area contributed by atoms with Crippen LogP contribution >= 0.6 is 0 Å². The Labute approximate surface area is 168 Å². The van der Waals surface area contributed by atoms with E-state index in [9.17, 15) is 13.2 Å². The van der Waals surface area contributed by atoms with E-state index in [1.807, 2.05) is 45.1 Å². The van der Waals surface area contributed by atoms with Crippen LogP contribution in [0.3, 0.4) is 0 Å². The molecule has 0 spiro atoms. The summed E-state index contributed by atoms with van der Waals surface area (Å²) in [5, 5.41) is 3.13. The number of rotatable bonds is 8. The van der Waals surface area contributed by atoms with Gasteiger partial charge in [-0.15, -0.1) is 0 Å². The molecule has 2 aromatic rings. The zero-order valence-corrected chi connectivity index (χ0v) is 16.8. The van der Waals surface area contributed by atoms with Gasteiger partial charge in [0.15, 0.2) is 5.71 Å². The van der Waals surface area contributed by atoms with Crippen LogP contribution in [0.4, 0.5) is 13.2 Å². The number of allylic oxidation sites excluding steroid dienone is 1. The van der Waals surface area contributed by atoms with Gasteiger partial charge in [0.05, 0.1) is 0 Å². The number of halogens is 3. The summed E-state index contributed by atoms with van der Waals surface area (Å²) >= 11 is 0. The van der Waals surface area contributed by atoms with Gasteiger partial charge in [-0.1, -0.05) is 35.5 Å². The van der Waals surface area contributed by atoms with Crippen LogP contribution in [0.25, 0.3) is 0 Å². The first-order chi connectivity index (χ1) is 13.8. The molecule has 156 valence electrons. The first-order valence-electron chi connectivity index (χ1n) is 9.02. The van der Waals surface area contributed by atoms with Crippen LogP contribution in [-0.4, -0.2) is 25.6 Å². The summed E-state index contributed by atoms with van der Waals surface area (Å²) in [6.07, 6.45) is -0.803. The van der Waals surface area contributed by atoms with Gasteiger partial charge in [-0.3, -0.25) is 0 Å². The monoisotopic (exact) mass is 407 g/mol. The number of hydrogen-bond donors (Lipinski definition) is 0. The van der Waals surface area contributed by atoms with E-state index in [4.69, 9.17) is 9.47 Å². The average molecular weight is 407 g/mol. The first-order valence-corrected chi connectivity index (χ1v) is 9.02. The van der Waals surface area contributed by atoms with Crippen LogP contribution in [0.2, 0.25) is 0 Å². The Hall–Kier alpha value is -2.96. The van der Waals surface area contributed by atoms with Crippen molar-refractivity contribution in [3.05, 3.63) is 70.8 Å². The Kier molecular flexibility index (Phi) is 7.70. The number of nitrogens with zero attached hydrogens (tertiary/aromatic N) is 1. The number of aryl methyl sites for hydroxylation is 2. The molecule has 0 radical (unpaired) electrons. The summed E-state index contributed by atoms with van der Waals surface area (Å²) < 4.78 is 51.1. The van der Waals surface area contributed by atoms with Crippen molar-refractivity contribution >= 4 is 5.71 Å². The minimum atomic E-state index is -4.62. The molecule has 7 heteroatoms. The summed E-state index contributed by atoms with van der Waals surface area (Å²) in [7, 11) is 1.08. The van der Waals surface area contributed by atoms with Crippen molar-refractivity contribution in [1.82, 2.24) is 0 Å². The fourth-order valence-corrected chi connectivity index (χ4v) is 2.79. The second-order valence-corrected chi connectivity index (χ2v) is 6.38.